The Morgan fingerprint density at radius 3 is 1.97 bits per heavy atom. The molecule has 0 spiro atoms. The van der Waals surface area contributed by atoms with Crippen molar-refractivity contribution < 1.29 is 9.90 Å². The molecule has 30 heavy (non-hydrogen) atoms. The van der Waals surface area contributed by atoms with Crippen molar-refractivity contribution in [2.24, 2.45) is 4.99 Å². The van der Waals surface area contributed by atoms with Crippen LogP contribution in [0.3, 0.4) is 0 Å². The lowest BCUT2D eigenvalue weighted by Gasteiger charge is -2.02. The first-order valence-corrected chi connectivity index (χ1v) is 9.68. The molecule has 144 valence electrons. The molecular weight excluding hydrogens is 372 g/mol. The van der Waals surface area contributed by atoms with Crippen LogP contribution in [0.4, 0.5) is 0 Å². The number of aliphatic imine (C=N–C) groups is 1. The number of H-pyrrole nitrogens is 1. The van der Waals surface area contributed by atoms with Gasteiger partial charge in [0.25, 0.3) is 5.91 Å². The zero-order chi connectivity index (χ0) is 20.5. The second kappa shape index (κ2) is 7.33. The summed E-state index contributed by atoms with van der Waals surface area (Å²) in [7, 11) is 0. The third kappa shape index (κ3) is 3.14. The molecule has 0 fully saturated rings. The van der Waals surface area contributed by atoms with Crippen molar-refractivity contribution in [2.45, 2.75) is 0 Å². The minimum absolute atomic E-state index is 0.0403. The van der Waals surface area contributed by atoms with E-state index in [0.29, 0.717) is 22.5 Å². The van der Waals surface area contributed by atoms with Crippen molar-refractivity contribution >= 4 is 23.8 Å². The number of fused-ring (bicyclic) bond motifs is 1. The first kappa shape index (κ1) is 17.9. The van der Waals surface area contributed by atoms with E-state index in [9.17, 15) is 9.90 Å². The van der Waals surface area contributed by atoms with Crippen molar-refractivity contribution in [3.05, 3.63) is 113 Å². The molecule has 0 radical (unpaired) electrons. The number of carbonyl (C=O) groups excluding carboxylic acids is 1. The molecule has 1 aromatic heterocycles. The van der Waals surface area contributed by atoms with Gasteiger partial charge in [-0.25, -0.2) is 4.99 Å². The Hall–Kier alpha value is -4.18. The van der Waals surface area contributed by atoms with E-state index in [1.165, 1.54) is 0 Å². The zero-order valence-corrected chi connectivity index (χ0v) is 16.0. The van der Waals surface area contributed by atoms with Crippen molar-refractivity contribution in [2.75, 3.05) is 0 Å². The highest BCUT2D eigenvalue weighted by molar-refractivity contribution is 6.30. The number of aromatic amines is 1. The largest absolute Gasteiger partial charge is 0.494 e. The van der Waals surface area contributed by atoms with Crippen molar-refractivity contribution in [3.8, 4) is 17.1 Å². The van der Waals surface area contributed by atoms with E-state index in [-0.39, 0.29) is 11.8 Å². The molecule has 2 heterocycles. The van der Waals surface area contributed by atoms with Crippen LogP contribution in [0.1, 0.15) is 32.6 Å². The molecule has 1 aliphatic rings. The number of nitrogens with one attached hydrogen (secondary N) is 1. The van der Waals surface area contributed by atoms with Gasteiger partial charge < -0.3 is 10.1 Å². The van der Waals surface area contributed by atoms with Gasteiger partial charge >= 0.3 is 0 Å². The van der Waals surface area contributed by atoms with Crippen molar-refractivity contribution in [1.29, 1.82) is 0 Å². The fourth-order valence-corrected chi connectivity index (χ4v) is 3.68. The first-order chi connectivity index (χ1) is 14.7. The third-order valence-electron chi connectivity index (χ3n) is 5.16. The van der Waals surface area contributed by atoms with Crippen LogP contribution in [-0.4, -0.2) is 21.7 Å². The summed E-state index contributed by atoms with van der Waals surface area (Å²) in [5, 5.41) is 10.5. The molecule has 0 bridgehead atoms. The van der Waals surface area contributed by atoms with Crippen LogP contribution in [0.2, 0.25) is 0 Å². The fraction of sp³-hybridized carbons (Fsp3) is 0. The molecule has 4 heteroatoms. The van der Waals surface area contributed by atoms with E-state index >= 15 is 0 Å². The smallest absolute Gasteiger partial charge is 0.280 e. The monoisotopic (exact) mass is 390 g/mol. The summed E-state index contributed by atoms with van der Waals surface area (Å²) in [4.78, 5) is 19.8. The zero-order valence-electron chi connectivity index (χ0n) is 16.0. The van der Waals surface area contributed by atoms with Crippen molar-refractivity contribution in [3.63, 3.8) is 0 Å². The van der Waals surface area contributed by atoms with E-state index in [1.54, 1.807) is 0 Å². The van der Waals surface area contributed by atoms with Gasteiger partial charge in [-0.05, 0) is 16.7 Å². The van der Waals surface area contributed by atoms with Gasteiger partial charge in [-0.1, -0.05) is 97.1 Å². The minimum atomic E-state index is -0.344. The van der Waals surface area contributed by atoms with Crippen LogP contribution in [0.25, 0.3) is 23.4 Å². The number of aromatic nitrogens is 1. The predicted molar refractivity (Wildman–Crippen MR) is 120 cm³/mol. The highest BCUT2D eigenvalue weighted by atomic mass is 16.3. The van der Waals surface area contributed by atoms with Gasteiger partial charge in [-0.3, -0.25) is 4.79 Å². The van der Waals surface area contributed by atoms with E-state index in [2.05, 4.69) is 9.98 Å². The maximum atomic E-state index is 12.7. The molecule has 3 aromatic carbocycles. The lowest BCUT2D eigenvalue weighted by Crippen LogP contribution is -1.99. The third-order valence-corrected chi connectivity index (χ3v) is 5.16. The molecule has 0 unspecified atom stereocenters. The topological polar surface area (TPSA) is 65.4 Å². The summed E-state index contributed by atoms with van der Waals surface area (Å²) in [5.74, 6) is -0.384. The van der Waals surface area contributed by atoms with Gasteiger partial charge in [0.15, 0.2) is 5.88 Å². The summed E-state index contributed by atoms with van der Waals surface area (Å²) in [6.07, 6.45) is 4.08. The normalized spacial score (nSPS) is 12.9. The second-order valence-corrected chi connectivity index (χ2v) is 7.10. The van der Waals surface area contributed by atoms with Gasteiger partial charge in [0.2, 0.25) is 0 Å². The number of amides is 1. The summed E-state index contributed by atoms with van der Waals surface area (Å²) in [6, 6.07) is 27.3. The van der Waals surface area contributed by atoms with Crippen LogP contribution >= 0.6 is 0 Å². The standard InChI is InChI=1S/C26H18N2O2/c29-25-21-22(26(30)27-23(21)19-9-5-2-6-10-19)24(28-25)20-15-13-18(14-16-20)12-11-17-7-3-1-4-8-17/h1-16,27,30H/b12-11+. The Balaban J connectivity index is 1.47. The first-order valence-electron chi connectivity index (χ1n) is 9.68. The highest BCUT2D eigenvalue weighted by Gasteiger charge is 2.33. The Morgan fingerprint density at radius 2 is 1.30 bits per heavy atom. The summed E-state index contributed by atoms with van der Waals surface area (Å²) < 4.78 is 0. The van der Waals surface area contributed by atoms with Gasteiger partial charge in [-0.2, -0.15) is 0 Å². The maximum absolute atomic E-state index is 12.7. The van der Waals surface area contributed by atoms with Gasteiger partial charge in [0.05, 0.1) is 22.5 Å². The average Bonchev–Trinajstić information content (AvgIpc) is 3.32. The lowest BCUT2D eigenvalue weighted by molar-refractivity contribution is 0.101. The van der Waals surface area contributed by atoms with Gasteiger partial charge in [0, 0.05) is 5.56 Å². The van der Waals surface area contributed by atoms with E-state index in [0.717, 1.165) is 22.3 Å². The Morgan fingerprint density at radius 1 is 0.700 bits per heavy atom. The van der Waals surface area contributed by atoms with Crippen LogP contribution in [0.15, 0.2) is 89.9 Å². The summed E-state index contributed by atoms with van der Waals surface area (Å²) >= 11 is 0. The molecule has 1 aliphatic heterocycles. The van der Waals surface area contributed by atoms with E-state index < -0.39 is 0 Å². The van der Waals surface area contributed by atoms with Gasteiger partial charge in [0.1, 0.15) is 0 Å². The molecule has 2 N–H and O–H groups in total. The Bertz CT molecular complexity index is 1280. The minimum Gasteiger partial charge on any atom is -0.494 e. The molecular formula is C26H18N2O2. The number of carbonyl (C=O) groups is 1. The molecule has 4 aromatic rings. The van der Waals surface area contributed by atoms with Crippen LogP contribution < -0.4 is 0 Å². The molecule has 0 aliphatic carbocycles. The highest BCUT2D eigenvalue weighted by Crippen LogP contribution is 2.37. The number of hydrogen-bond acceptors (Lipinski definition) is 2. The number of rotatable bonds is 4. The Labute approximate surface area is 173 Å². The van der Waals surface area contributed by atoms with Gasteiger partial charge in [-0.15, -0.1) is 0 Å². The fourth-order valence-electron chi connectivity index (χ4n) is 3.68. The predicted octanol–water partition coefficient (Wildman–Crippen LogP) is 5.55. The quantitative estimate of drug-likeness (QED) is 0.449. The molecule has 0 saturated heterocycles. The lowest BCUT2D eigenvalue weighted by atomic mass is 9.99. The average molecular weight is 390 g/mol. The van der Waals surface area contributed by atoms with Crippen molar-refractivity contribution in [1.82, 2.24) is 4.98 Å². The van der Waals surface area contributed by atoms with Crippen LogP contribution in [0, 0.1) is 0 Å². The molecule has 0 saturated carbocycles. The SMILES string of the molecule is O=C1N=C(c2ccc(/C=C/c3ccccc3)cc2)c2c(O)[nH]c(-c3ccccc3)c21. The summed E-state index contributed by atoms with van der Waals surface area (Å²) in [5.41, 5.74) is 5.75. The molecule has 1 amide bonds. The number of aromatic hydroxyl groups is 1. The van der Waals surface area contributed by atoms with E-state index in [4.69, 9.17) is 0 Å². The summed E-state index contributed by atoms with van der Waals surface area (Å²) in [6.45, 7) is 0. The van der Waals surface area contributed by atoms with E-state index in [1.807, 2.05) is 97.1 Å². The molecule has 5 rings (SSSR count). The van der Waals surface area contributed by atoms with Crippen LogP contribution in [-0.2, 0) is 0 Å². The maximum Gasteiger partial charge on any atom is 0.280 e. The second-order valence-electron chi connectivity index (χ2n) is 7.10. The molecule has 4 nitrogen and oxygen atoms in total. The Kier molecular flexibility index (Phi) is 4.37. The number of hydrogen-bond donors (Lipinski definition) is 2. The van der Waals surface area contributed by atoms with Crippen LogP contribution in [0.5, 0.6) is 5.88 Å². The number of nitrogens with zero attached hydrogens (tertiary/aromatic N) is 1. The number of benzene rings is 3. The molecule has 0 atom stereocenters.